The van der Waals surface area contributed by atoms with Gasteiger partial charge in [0.25, 0.3) is 11.6 Å². The number of carbonyl (C=O) groups excluding carboxylic acids is 1. The van der Waals surface area contributed by atoms with Crippen molar-refractivity contribution in [2.24, 2.45) is 0 Å². The number of nitro benzene ring substituents is 1. The third-order valence-electron chi connectivity index (χ3n) is 4.81. The monoisotopic (exact) mass is 403 g/mol. The van der Waals surface area contributed by atoms with Crippen LogP contribution in [0, 0.1) is 17.0 Å². The van der Waals surface area contributed by atoms with Gasteiger partial charge >= 0.3 is 0 Å². The number of rotatable bonds is 6. The molecule has 1 heterocycles. The summed E-state index contributed by atoms with van der Waals surface area (Å²) in [6, 6.07) is 12.1. The van der Waals surface area contributed by atoms with Gasteiger partial charge in [0.2, 0.25) is 0 Å². The maximum Gasteiger partial charge on any atom is 0.270 e. The number of hydrogen-bond donors (Lipinski definition) is 1. The van der Waals surface area contributed by atoms with Gasteiger partial charge in [-0.1, -0.05) is 41.4 Å². The summed E-state index contributed by atoms with van der Waals surface area (Å²) in [5.41, 5.74) is 2.36. The Bertz CT molecular complexity index is 851. The first-order valence-corrected chi connectivity index (χ1v) is 9.44. The van der Waals surface area contributed by atoms with Crippen LogP contribution in [0.15, 0.2) is 42.5 Å². The Morgan fingerprint density at radius 3 is 2.54 bits per heavy atom. The van der Waals surface area contributed by atoms with E-state index < -0.39 is 4.92 Å². The summed E-state index contributed by atoms with van der Waals surface area (Å²) >= 11 is 6.07. The number of hydrogen-bond acceptors (Lipinski definition) is 5. The lowest BCUT2D eigenvalue weighted by molar-refractivity contribution is -0.384. The Balaban J connectivity index is 1.74. The topological polar surface area (TPSA) is 84.7 Å². The van der Waals surface area contributed by atoms with Gasteiger partial charge in [-0.15, -0.1) is 0 Å². The van der Waals surface area contributed by atoms with Crippen molar-refractivity contribution in [2.75, 3.05) is 32.8 Å². The predicted octanol–water partition coefficient (Wildman–Crippen LogP) is 3.36. The molecule has 1 N–H and O–H groups in total. The number of nitrogens with one attached hydrogen (secondary N) is 1. The first-order valence-electron chi connectivity index (χ1n) is 9.06. The van der Waals surface area contributed by atoms with E-state index in [0.717, 1.165) is 18.7 Å². The van der Waals surface area contributed by atoms with Gasteiger partial charge in [0.15, 0.2) is 0 Å². The van der Waals surface area contributed by atoms with E-state index in [1.54, 1.807) is 0 Å². The molecule has 8 heteroatoms. The molecular formula is C20H22ClN3O4. The lowest BCUT2D eigenvalue weighted by Gasteiger charge is -2.35. The van der Waals surface area contributed by atoms with E-state index >= 15 is 0 Å². The van der Waals surface area contributed by atoms with Crippen molar-refractivity contribution in [1.29, 1.82) is 0 Å². The summed E-state index contributed by atoms with van der Waals surface area (Å²) in [6.07, 6.45) is 0. The molecule has 2 aromatic carbocycles. The normalized spacial score (nSPS) is 15.8. The zero-order valence-corrected chi connectivity index (χ0v) is 16.3. The number of nitrogens with zero attached hydrogens (tertiary/aromatic N) is 2. The third kappa shape index (κ3) is 4.86. The van der Waals surface area contributed by atoms with E-state index in [-0.39, 0.29) is 28.2 Å². The van der Waals surface area contributed by atoms with Gasteiger partial charge in [-0.25, -0.2) is 0 Å². The van der Waals surface area contributed by atoms with Gasteiger partial charge in [-0.3, -0.25) is 19.8 Å². The highest BCUT2D eigenvalue weighted by atomic mass is 35.5. The molecule has 0 aliphatic carbocycles. The van der Waals surface area contributed by atoms with Crippen LogP contribution in [0.3, 0.4) is 0 Å². The molecule has 0 aromatic heterocycles. The number of morpholine rings is 1. The van der Waals surface area contributed by atoms with Crippen LogP contribution < -0.4 is 5.32 Å². The van der Waals surface area contributed by atoms with Gasteiger partial charge in [-0.05, 0) is 18.6 Å². The van der Waals surface area contributed by atoms with Crippen LogP contribution in [0.5, 0.6) is 0 Å². The Morgan fingerprint density at radius 1 is 1.25 bits per heavy atom. The molecule has 3 rings (SSSR count). The number of amides is 1. The van der Waals surface area contributed by atoms with Gasteiger partial charge in [-0.2, -0.15) is 0 Å². The summed E-state index contributed by atoms with van der Waals surface area (Å²) in [6.45, 7) is 5.31. The second-order valence-electron chi connectivity index (χ2n) is 6.71. The van der Waals surface area contributed by atoms with Crippen molar-refractivity contribution in [3.63, 3.8) is 0 Å². The van der Waals surface area contributed by atoms with Crippen LogP contribution in [0.4, 0.5) is 5.69 Å². The quantitative estimate of drug-likeness (QED) is 0.590. The van der Waals surface area contributed by atoms with Crippen molar-refractivity contribution in [3.05, 3.63) is 74.3 Å². The molecule has 28 heavy (non-hydrogen) atoms. The van der Waals surface area contributed by atoms with Gasteiger partial charge in [0.05, 0.1) is 34.8 Å². The van der Waals surface area contributed by atoms with Crippen LogP contribution in [-0.2, 0) is 4.74 Å². The minimum Gasteiger partial charge on any atom is -0.379 e. The first-order chi connectivity index (χ1) is 13.5. The smallest absolute Gasteiger partial charge is 0.270 e. The van der Waals surface area contributed by atoms with Crippen molar-refractivity contribution >= 4 is 23.2 Å². The molecule has 1 aliphatic rings. The summed E-state index contributed by atoms with van der Waals surface area (Å²) < 4.78 is 5.44. The fourth-order valence-corrected chi connectivity index (χ4v) is 3.48. The fraction of sp³-hybridized carbons (Fsp3) is 0.350. The molecule has 1 atom stereocenters. The van der Waals surface area contributed by atoms with E-state index in [1.165, 1.54) is 23.8 Å². The molecular weight excluding hydrogens is 382 g/mol. The van der Waals surface area contributed by atoms with E-state index in [4.69, 9.17) is 16.3 Å². The Morgan fingerprint density at radius 2 is 1.93 bits per heavy atom. The summed E-state index contributed by atoms with van der Waals surface area (Å²) in [7, 11) is 0. The van der Waals surface area contributed by atoms with Crippen LogP contribution in [0.1, 0.15) is 27.5 Å². The highest BCUT2D eigenvalue weighted by Crippen LogP contribution is 2.24. The third-order valence-corrected chi connectivity index (χ3v) is 5.13. The minimum absolute atomic E-state index is 0.00488. The lowest BCUT2D eigenvalue weighted by atomic mass is 10.0. The number of aryl methyl sites for hydroxylation is 1. The standard InChI is InChI=1S/C20H22ClN3O4/c1-14-2-4-15(5-3-14)19(23-8-10-28-11-9-23)13-22-20(25)17-7-6-16(24(26)27)12-18(17)21/h2-7,12,19H,8-11,13H2,1H3,(H,22,25). The highest BCUT2D eigenvalue weighted by molar-refractivity contribution is 6.34. The number of carbonyl (C=O) groups is 1. The molecule has 0 bridgehead atoms. The molecule has 7 nitrogen and oxygen atoms in total. The molecule has 1 unspecified atom stereocenters. The van der Waals surface area contributed by atoms with E-state index in [1.807, 2.05) is 6.92 Å². The Kier molecular flexibility index (Phi) is 6.61. The van der Waals surface area contributed by atoms with Crippen LogP contribution in [-0.4, -0.2) is 48.6 Å². The fourth-order valence-electron chi connectivity index (χ4n) is 3.22. The number of halogens is 1. The van der Waals surface area contributed by atoms with Gasteiger partial charge in [0, 0.05) is 31.8 Å². The van der Waals surface area contributed by atoms with Crippen molar-refractivity contribution in [3.8, 4) is 0 Å². The SMILES string of the molecule is Cc1ccc(C(CNC(=O)c2ccc([N+](=O)[O-])cc2Cl)N2CCOCC2)cc1. The molecule has 1 fully saturated rings. The van der Waals surface area contributed by atoms with E-state index in [0.29, 0.717) is 19.8 Å². The molecule has 148 valence electrons. The molecule has 2 aromatic rings. The number of nitro groups is 1. The highest BCUT2D eigenvalue weighted by Gasteiger charge is 2.24. The van der Waals surface area contributed by atoms with Crippen LogP contribution in [0.2, 0.25) is 5.02 Å². The van der Waals surface area contributed by atoms with Crippen molar-refractivity contribution in [1.82, 2.24) is 10.2 Å². The van der Waals surface area contributed by atoms with Crippen LogP contribution in [0.25, 0.3) is 0 Å². The maximum absolute atomic E-state index is 12.6. The Hall–Kier alpha value is -2.48. The molecule has 0 spiro atoms. The first kappa shape index (κ1) is 20.3. The average molecular weight is 404 g/mol. The summed E-state index contributed by atoms with van der Waals surface area (Å²) in [4.78, 5) is 25.2. The average Bonchev–Trinajstić information content (AvgIpc) is 2.70. The Labute approximate surface area is 168 Å². The molecule has 1 saturated heterocycles. The van der Waals surface area contributed by atoms with E-state index in [9.17, 15) is 14.9 Å². The van der Waals surface area contributed by atoms with E-state index in [2.05, 4.69) is 34.5 Å². The van der Waals surface area contributed by atoms with Gasteiger partial charge < -0.3 is 10.1 Å². The van der Waals surface area contributed by atoms with Crippen molar-refractivity contribution in [2.45, 2.75) is 13.0 Å². The number of non-ortho nitro benzene ring substituents is 1. The molecule has 0 saturated carbocycles. The second kappa shape index (κ2) is 9.14. The lowest BCUT2D eigenvalue weighted by Crippen LogP contribution is -2.43. The summed E-state index contributed by atoms with van der Waals surface area (Å²) in [5, 5.41) is 13.8. The summed E-state index contributed by atoms with van der Waals surface area (Å²) in [5.74, 6) is -0.356. The van der Waals surface area contributed by atoms with Crippen LogP contribution >= 0.6 is 11.6 Å². The number of benzene rings is 2. The van der Waals surface area contributed by atoms with Crippen molar-refractivity contribution < 1.29 is 14.5 Å². The predicted molar refractivity (Wildman–Crippen MR) is 107 cm³/mol. The second-order valence-corrected chi connectivity index (χ2v) is 7.11. The largest absolute Gasteiger partial charge is 0.379 e. The zero-order chi connectivity index (χ0) is 20.1. The minimum atomic E-state index is -0.542. The number of ether oxygens (including phenoxy) is 1. The molecule has 0 radical (unpaired) electrons. The molecule has 1 amide bonds. The maximum atomic E-state index is 12.6. The molecule has 1 aliphatic heterocycles. The zero-order valence-electron chi connectivity index (χ0n) is 15.6. The van der Waals surface area contributed by atoms with Gasteiger partial charge in [0.1, 0.15) is 0 Å².